The number of aromatic amines is 1. The molecule has 4 rings (SSSR count). The lowest BCUT2D eigenvalue weighted by molar-refractivity contribution is -0.384. The van der Waals surface area contributed by atoms with Gasteiger partial charge in [0.2, 0.25) is 0 Å². The van der Waals surface area contributed by atoms with Crippen molar-refractivity contribution >= 4 is 22.3 Å². The molecule has 0 aliphatic carbocycles. The number of nitro groups is 1. The van der Waals surface area contributed by atoms with E-state index >= 15 is 0 Å². The van der Waals surface area contributed by atoms with Gasteiger partial charge in [0.25, 0.3) is 11.2 Å². The number of nitro benzene ring substituents is 1. The first-order valence-corrected chi connectivity index (χ1v) is 9.90. The second-order valence-electron chi connectivity index (χ2n) is 7.19. The van der Waals surface area contributed by atoms with E-state index in [1.807, 2.05) is 24.0 Å². The number of H-pyrrole nitrogens is 1. The molecule has 3 aromatic rings. The summed E-state index contributed by atoms with van der Waals surface area (Å²) in [5.74, 6) is 0.863. The Morgan fingerprint density at radius 2 is 1.90 bits per heavy atom. The molecule has 1 aliphatic rings. The molecule has 1 N–H and O–H groups in total. The molecular formula is C21H23N5O4. The third-order valence-corrected chi connectivity index (χ3v) is 5.29. The van der Waals surface area contributed by atoms with Crippen molar-refractivity contribution in [3.05, 3.63) is 68.8 Å². The van der Waals surface area contributed by atoms with E-state index in [0.717, 1.165) is 25.4 Å². The second kappa shape index (κ2) is 8.50. The maximum absolute atomic E-state index is 12.0. The van der Waals surface area contributed by atoms with Crippen LogP contribution in [0.4, 0.5) is 11.4 Å². The molecule has 9 heteroatoms. The highest BCUT2D eigenvalue weighted by molar-refractivity contribution is 5.87. The molecule has 0 spiro atoms. The van der Waals surface area contributed by atoms with Crippen LogP contribution in [0, 0.1) is 10.1 Å². The lowest BCUT2D eigenvalue weighted by Crippen LogP contribution is -2.46. The van der Waals surface area contributed by atoms with Crippen molar-refractivity contribution in [2.75, 3.05) is 37.7 Å². The number of piperazine rings is 1. The zero-order valence-electron chi connectivity index (χ0n) is 16.7. The molecule has 1 fully saturated rings. The van der Waals surface area contributed by atoms with Gasteiger partial charge in [-0.3, -0.25) is 19.8 Å². The Balaban J connectivity index is 1.48. The summed E-state index contributed by atoms with van der Waals surface area (Å²) in [5, 5.41) is 11.8. The Morgan fingerprint density at radius 1 is 1.17 bits per heavy atom. The van der Waals surface area contributed by atoms with E-state index in [1.54, 1.807) is 6.07 Å². The van der Waals surface area contributed by atoms with Crippen molar-refractivity contribution in [3.63, 3.8) is 0 Å². The van der Waals surface area contributed by atoms with Gasteiger partial charge in [-0.15, -0.1) is 0 Å². The highest BCUT2D eigenvalue weighted by Crippen LogP contribution is 2.32. The Kier molecular flexibility index (Phi) is 5.62. The number of hydrogen-bond donors (Lipinski definition) is 1. The number of nitrogens with zero attached hydrogens (tertiary/aromatic N) is 4. The first kappa shape index (κ1) is 19.8. The van der Waals surface area contributed by atoms with E-state index in [0.29, 0.717) is 30.9 Å². The van der Waals surface area contributed by atoms with E-state index in [-0.39, 0.29) is 16.6 Å². The Bertz CT molecular complexity index is 1100. The smallest absolute Gasteiger partial charge is 0.293 e. The summed E-state index contributed by atoms with van der Waals surface area (Å²) in [6.07, 6.45) is 1.31. The fourth-order valence-electron chi connectivity index (χ4n) is 3.76. The van der Waals surface area contributed by atoms with Crippen LogP contribution in [0.15, 0.2) is 47.5 Å². The molecule has 0 amide bonds. The molecule has 1 aromatic heterocycles. The first-order valence-electron chi connectivity index (χ1n) is 9.90. The molecular weight excluding hydrogens is 386 g/mol. The van der Waals surface area contributed by atoms with Gasteiger partial charge in [0.05, 0.1) is 28.8 Å². The van der Waals surface area contributed by atoms with Crippen LogP contribution in [0.25, 0.3) is 10.9 Å². The van der Waals surface area contributed by atoms with Gasteiger partial charge in [0, 0.05) is 38.8 Å². The molecule has 0 saturated carbocycles. The van der Waals surface area contributed by atoms with Crippen LogP contribution in [-0.2, 0) is 6.54 Å². The summed E-state index contributed by atoms with van der Waals surface area (Å²) in [7, 11) is 0. The fraction of sp³-hybridized carbons (Fsp3) is 0.333. The quantitative estimate of drug-likeness (QED) is 0.493. The number of rotatable bonds is 6. The SMILES string of the molecule is CCOc1ccc(CN2CCN(c3cc4nc[nH]c(=O)c4cc3[N+](=O)[O-])CC2)cc1. The number of hydrogen-bond acceptors (Lipinski definition) is 7. The van der Waals surface area contributed by atoms with Gasteiger partial charge in [0.1, 0.15) is 11.4 Å². The summed E-state index contributed by atoms with van der Waals surface area (Å²) in [6, 6.07) is 11.0. The monoisotopic (exact) mass is 409 g/mol. The van der Waals surface area contributed by atoms with Crippen molar-refractivity contribution < 1.29 is 9.66 Å². The third kappa shape index (κ3) is 4.11. The van der Waals surface area contributed by atoms with E-state index in [2.05, 4.69) is 27.0 Å². The highest BCUT2D eigenvalue weighted by Gasteiger charge is 2.25. The van der Waals surface area contributed by atoms with Crippen LogP contribution in [0.3, 0.4) is 0 Å². The molecule has 0 bridgehead atoms. The predicted molar refractivity (Wildman–Crippen MR) is 114 cm³/mol. The van der Waals surface area contributed by atoms with Gasteiger partial charge >= 0.3 is 0 Å². The van der Waals surface area contributed by atoms with Crippen molar-refractivity contribution in [3.8, 4) is 5.75 Å². The number of fused-ring (bicyclic) bond motifs is 1. The molecule has 156 valence electrons. The first-order chi connectivity index (χ1) is 14.5. The van der Waals surface area contributed by atoms with Gasteiger partial charge in [-0.05, 0) is 30.7 Å². The molecule has 1 aliphatic heterocycles. The van der Waals surface area contributed by atoms with Gasteiger partial charge in [-0.1, -0.05) is 12.1 Å². The highest BCUT2D eigenvalue weighted by atomic mass is 16.6. The van der Waals surface area contributed by atoms with Gasteiger partial charge in [0.15, 0.2) is 0 Å². The third-order valence-electron chi connectivity index (χ3n) is 5.29. The molecule has 2 aromatic carbocycles. The van der Waals surface area contributed by atoms with Gasteiger partial charge in [-0.25, -0.2) is 4.98 Å². The number of benzene rings is 2. The minimum absolute atomic E-state index is 0.0686. The molecule has 0 atom stereocenters. The molecule has 0 radical (unpaired) electrons. The van der Waals surface area contributed by atoms with Crippen LogP contribution in [-0.4, -0.2) is 52.6 Å². The Labute approximate surface area is 173 Å². The summed E-state index contributed by atoms with van der Waals surface area (Å²) in [5.41, 5.74) is 1.71. The van der Waals surface area contributed by atoms with Crippen molar-refractivity contribution in [2.24, 2.45) is 0 Å². The number of anilines is 1. The number of ether oxygens (including phenoxy) is 1. The molecule has 2 heterocycles. The topological polar surface area (TPSA) is 105 Å². The maximum atomic E-state index is 12.0. The Hall–Kier alpha value is -3.46. The maximum Gasteiger partial charge on any atom is 0.293 e. The lowest BCUT2D eigenvalue weighted by Gasteiger charge is -2.35. The van der Waals surface area contributed by atoms with Crippen molar-refractivity contribution in [1.82, 2.24) is 14.9 Å². The van der Waals surface area contributed by atoms with Crippen LogP contribution in [0.2, 0.25) is 0 Å². The summed E-state index contributed by atoms with van der Waals surface area (Å²) in [6.45, 7) is 6.31. The lowest BCUT2D eigenvalue weighted by atomic mass is 10.1. The van der Waals surface area contributed by atoms with E-state index < -0.39 is 4.92 Å². The number of nitrogens with one attached hydrogen (secondary N) is 1. The van der Waals surface area contributed by atoms with Crippen LogP contribution < -0.4 is 15.2 Å². The largest absolute Gasteiger partial charge is 0.494 e. The average molecular weight is 409 g/mol. The van der Waals surface area contributed by atoms with Gasteiger partial charge in [-0.2, -0.15) is 0 Å². The summed E-state index contributed by atoms with van der Waals surface area (Å²) in [4.78, 5) is 34.1. The number of aromatic nitrogens is 2. The predicted octanol–water partition coefficient (Wildman–Crippen LogP) is 2.55. The van der Waals surface area contributed by atoms with Crippen LogP contribution >= 0.6 is 0 Å². The minimum Gasteiger partial charge on any atom is -0.494 e. The molecule has 9 nitrogen and oxygen atoms in total. The standard InChI is InChI=1S/C21H23N5O4/c1-2-30-16-5-3-15(4-6-16)13-24-7-9-25(10-8-24)19-12-18-17(11-20(19)26(28)29)21(27)23-14-22-18/h3-6,11-12,14H,2,7-10,13H2,1H3,(H,22,23,27). The molecule has 1 saturated heterocycles. The minimum atomic E-state index is -0.437. The van der Waals surface area contributed by atoms with E-state index in [4.69, 9.17) is 4.74 Å². The normalized spacial score (nSPS) is 14.8. The Morgan fingerprint density at radius 3 is 2.57 bits per heavy atom. The van der Waals surface area contributed by atoms with Crippen molar-refractivity contribution in [2.45, 2.75) is 13.5 Å². The average Bonchev–Trinajstić information content (AvgIpc) is 2.75. The van der Waals surface area contributed by atoms with Gasteiger partial charge < -0.3 is 14.6 Å². The summed E-state index contributed by atoms with van der Waals surface area (Å²) < 4.78 is 5.48. The second-order valence-corrected chi connectivity index (χ2v) is 7.19. The van der Waals surface area contributed by atoms with Crippen LogP contribution in [0.1, 0.15) is 12.5 Å². The van der Waals surface area contributed by atoms with E-state index in [1.165, 1.54) is 18.0 Å². The zero-order chi connectivity index (χ0) is 21.1. The molecule has 30 heavy (non-hydrogen) atoms. The molecule has 0 unspecified atom stereocenters. The zero-order valence-corrected chi connectivity index (χ0v) is 16.7. The van der Waals surface area contributed by atoms with Crippen LogP contribution in [0.5, 0.6) is 5.75 Å². The fourth-order valence-corrected chi connectivity index (χ4v) is 3.76. The van der Waals surface area contributed by atoms with Crippen molar-refractivity contribution in [1.29, 1.82) is 0 Å². The van der Waals surface area contributed by atoms with E-state index in [9.17, 15) is 14.9 Å². The summed E-state index contributed by atoms with van der Waals surface area (Å²) >= 11 is 0.